The Hall–Kier alpha value is -0.120. The summed E-state index contributed by atoms with van der Waals surface area (Å²) in [6.07, 6.45) is 0.0335. The number of morpholine rings is 1. The Balaban J connectivity index is 2.33. The second kappa shape index (κ2) is 4.04. The van der Waals surface area contributed by atoms with Crippen LogP contribution in [0.15, 0.2) is 0 Å². The molecular weight excluding hydrogens is 142 g/mol. The fourth-order valence-corrected chi connectivity index (χ4v) is 1.32. The minimum atomic E-state index is 0.0335. The summed E-state index contributed by atoms with van der Waals surface area (Å²) in [5.41, 5.74) is 0. The molecule has 1 fully saturated rings. The summed E-state index contributed by atoms with van der Waals surface area (Å²) in [7, 11) is 0. The van der Waals surface area contributed by atoms with Gasteiger partial charge in [0.15, 0.2) is 0 Å². The predicted molar refractivity (Wildman–Crippen MR) is 43.5 cm³/mol. The van der Waals surface area contributed by atoms with Gasteiger partial charge >= 0.3 is 0 Å². The van der Waals surface area contributed by atoms with Crippen LogP contribution in [0.3, 0.4) is 0 Å². The second-order valence-electron chi connectivity index (χ2n) is 3.26. The SMILES string of the molecule is CC(C)N1CCO[C@H](CO)C1. The van der Waals surface area contributed by atoms with Crippen molar-refractivity contribution < 1.29 is 9.84 Å². The van der Waals surface area contributed by atoms with Crippen molar-refractivity contribution in [3.05, 3.63) is 0 Å². The normalized spacial score (nSPS) is 27.8. The molecule has 0 amide bonds. The van der Waals surface area contributed by atoms with Crippen molar-refractivity contribution >= 4 is 0 Å². The monoisotopic (exact) mass is 159 g/mol. The highest BCUT2D eigenvalue weighted by Gasteiger charge is 2.20. The van der Waals surface area contributed by atoms with Gasteiger partial charge < -0.3 is 9.84 Å². The van der Waals surface area contributed by atoms with Crippen LogP contribution in [0.1, 0.15) is 13.8 Å². The van der Waals surface area contributed by atoms with E-state index in [1.54, 1.807) is 0 Å². The highest BCUT2D eigenvalue weighted by molar-refractivity contribution is 4.72. The van der Waals surface area contributed by atoms with Crippen LogP contribution in [-0.4, -0.2) is 48.5 Å². The first-order chi connectivity index (χ1) is 5.24. The Morgan fingerprint density at radius 1 is 1.64 bits per heavy atom. The molecule has 3 nitrogen and oxygen atoms in total. The van der Waals surface area contributed by atoms with E-state index >= 15 is 0 Å². The third-order valence-electron chi connectivity index (χ3n) is 2.10. The number of nitrogens with zero attached hydrogens (tertiary/aromatic N) is 1. The first kappa shape index (κ1) is 8.97. The molecule has 1 atom stereocenters. The molecular formula is C8H17NO2. The lowest BCUT2D eigenvalue weighted by Gasteiger charge is -2.34. The van der Waals surface area contributed by atoms with Gasteiger partial charge in [-0.1, -0.05) is 0 Å². The maximum absolute atomic E-state index is 8.84. The van der Waals surface area contributed by atoms with Gasteiger partial charge in [-0.2, -0.15) is 0 Å². The van der Waals surface area contributed by atoms with Crippen molar-refractivity contribution in [1.29, 1.82) is 0 Å². The zero-order chi connectivity index (χ0) is 8.27. The fourth-order valence-electron chi connectivity index (χ4n) is 1.32. The Kier molecular flexibility index (Phi) is 3.30. The summed E-state index contributed by atoms with van der Waals surface area (Å²) in [5, 5.41) is 8.84. The van der Waals surface area contributed by atoms with Crippen molar-refractivity contribution in [3.8, 4) is 0 Å². The zero-order valence-corrected chi connectivity index (χ0v) is 7.29. The van der Waals surface area contributed by atoms with Gasteiger partial charge in [-0.25, -0.2) is 0 Å². The molecule has 1 N–H and O–H groups in total. The Bertz CT molecular complexity index is 117. The maximum atomic E-state index is 8.84. The van der Waals surface area contributed by atoms with Gasteiger partial charge in [-0.05, 0) is 13.8 Å². The summed E-state index contributed by atoms with van der Waals surface area (Å²) in [6.45, 7) is 7.09. The van der Waals surface area contributed by atoms with Gasteiger partial charge in [0.2, 0.25) is 0 Å². The van der Waals surface area contributed by atoms with Gasteiger partial charge in [0, 0.05) is 19.1 Å². The Morgan fingerprint density at radius 2 is 2.36 bits per heavy atom. The van der Waals surface area contributed by atoms with Gasteiger partial charge in [0.25, 0.3) is 0 Å². The number of ether oxygens (including phenoxy) is 1. The van der Waals surface area contributed by atoms with Crippen LogP contribution in [0.5, 0.6) is 0 Å². The van der Waals surface area contributed by atoms with E-state index in [1.165, 1.54) is 0 Å². The van der Waals surface area contributed by atoms with Crippen molar-refractivity contribution in [2.24, 2.45) is 0 Å². The Morgan fingerprint density at radius 3 is 2.91 bits per heavy atom. The molecule has 3 heteroatoms. The second-order valence-corrected chi connectivity index (χ2v) is 3.26. The molecule has 1 aliphatic heterocycles. The van der Waals surface area contributed by atoms with Gasteiger partial charge in [-0.3, -0.25) is 4.90 Å². The summed E-state index contributed by atoms with van der Waals surface area (Å²) >= 11 is 0. The minimum absolute atomic E-state index is 0.0335. The standard InChI is InChI=1S/C8H17NO2/c1-7(2)9-3-4-11-8(5-9)6-10/h7-8,10H,3-6H2,1-2H3/t8-/m0/s1. The summed E-state index contributed by atoms with van der Waals surface area (Å²) in [6, 6.07) is 0.563. The van der Waals surface area contributed by atoms with E-state index in [2.05, 4.69) is 18.7 Å². The van der Waals surface area contributed by atoms with Crippen LogP contribution in [0.2, 0.25) is 0 Å². The predicted octanol–water partition coefficient (Wildman–Crippen LogP) is 0.0879. The molecule has 0 aromatic heterocycles. The molecule has 0 bridgehead atoms. The highest BCUT2D eigenvalue weighted by atomic mass is 16.5. The molecule has 0 aromatic rings. The van der Waals surface area contributed by atoms with Crippen LogP contribution in [0.4, 0.5) is 0 Å². The van der Waals surface area contributed by atoms with E-state index in [0.29, 0.717) is 6.04 Å². The quantitative estimate of drug-likeness (QED) is 0.619. The fraction of sp³-hybridized carbons (Fsp3) is 1.00. The van der Waals surface area contributed by atoms with E-state index in [4.69, 9.17) is 9.84 Å². The number of rotatable bonds is 2. The summed E-state index contributed by atoms with van der Waals surface area (Å²) < 4.78 is 5.32. The number of hydrogen-bond donors (Lipinski definition) is 1. The molecule has 1 rings (SSSR count). The zero-order valence-electron chi connectivity index (χ0n) is 7.29. The molecule has 0 unspecified atom stereocenters. The largest absolute Gasteiger partial charge is 0.394 e. The van der Waals surface area contributed by atoms with Crippen LogP contribution in [-0.2, 0) is 4.74 Å². The summed E-state index contributed by atoms with van der Waals surface area (Å²) in [5.74, 6) is 0. The average Bonchev–Trinajstić information content (AvgIpc) is 2.05. The first-order valence-electron chi connectivity index (χ1n) is 4.20. The van der Waals surface area contributed by atoms with Crippen molar-refractivity contribution in [2.45, 2.75) is 26.0 Å². The average molecular weight is 159 g/mol. The van der Waals surface area contributed by atoms with Crippen molar-refractivity contribution in [1.82, 2.24) is 4.90 Å². The third kappa shape index (κ3) is 2.43. The van der Waals surface area contributed by atoms with Crippen LogP contribution in [0, 0.1) is 0 Å². The molecule has 0 aromatic carbocycles. The molecule has 66 valence electrons. The van der Waals surface area contributed by atoms with Crippen molar-refractivity contribution in [2.75, 3.05) is 26.3 Å². The molecule has 0 saturated carbocycles. The molecule has 0 radical (unpaired) electrons. The van der Waals surface area contributed by atoms with Gasteiger partial charge in [-0.15, -0.1) is 0 Å². The lowest BCUT2D eigenvalue weighted by molar-refractivity contribution is -0.0608. The van der Waals surface area contributed by atoms with Crippen LogP contribution >= 0.6 is 0 Å². The van der Waals surface area contributed by atoms with E-state index in [0.717, 1.165) is 19.7 Å². The number of aliphatic hydroxyl groups excluding tert-OH is 1. The van der Waals surface area contributed by atoms with Gasteiger partial charge in [0.05, 0.1) is 19.3 Å². The Labute approximate surface area is 68.0 Å². The molecule has 0 spiro atoms. The van der Waals surface area contributed by atoms with Gasteiger partial charge in [0.1, 0.15) is 0 Å². The molecule has 1 aliphatic rings. The van der Waals surface area contributed by atoms with E-state index in [1.807, 2.05) is 0 Å². The van der Waals surface area contributed by atoms with E-state index < -0.39 is 0 Å². The topological polar surface area (TPSA) is 32.7 Å². The van der Waals surface area contributed by atoms with Crippen LogP contribution < -0.4 is 0 Å². The van der Waals surface area contributed by atoms with E-state index in [9.17, 15) is 0 Å². The van der Waals surface area contributed by atoms with Crippen LogP contribution in [0.25, 0.3) is 0 Å². The minimum Gasteiger partial charge on any atom is -0.394 e. The smallest absolute Gasteiger partial charge is 0.0932 e. The molecule has 11 heavy (non-hydrogen) atoms. The number of aliphatic hydroxyl groups is 1. The lowest BCUT2D eigenvalue weighted by atomic mass is 10.2. The van der Waals surface area contributed by atoms with E-state index in [-0.39, 0.29) is 12.7 Å². The molecule has 1 heterocycles. The molecule has 1 saturated heterocycles. The number of hydrogen-bond acceptors (Lipinski definition) is 3. The van der Waals surface area contributed by atoms with Crippen molar-refractivity contribution in [3.63, 3.8) is 0 Å². The molecule has 0 aliphatic carbocycles. The highest BCUT2D eigenvalue weighted by Crippen LogP contribution is 2.07. The maximum Gasteiger partial charge on any atom is 0.0932 e. The summed E-state index contributed by atoms with van der Waals surface area (Å²) in [4.78, 5) is 2.32. The lowest BCUT2D eigenvalue weighted by Crippen LogP contribution is -2.46. The third-order valence-corrected chi connectivity index (χ3v) is 2.10. The first-order valence-corrected chi connectivity index (χ1v) is 4.20.